The zero-order valence-corrected chi connectivity index (χ0v) is 49.1. The van der Waals surface area contributed by atoms with Crippen LogP contribution in [0.25, 0.3) is 22.5 Å². The topological polar surface area (TPSA) is 295 Å². The Morgan fingerprint density at radius 3 is 1.13 bits per heavy atom. The molecule has 0 radical (unpaired) electrons. The molecule has 0 atom stereocenters. The number of benzene rings is 6. The van der Waals surface area contributed by atoms with Gasteiger partial charge in [0.1, 0.15) is 0 Å². The van der Waals surface area contributed by atoms with Gasteiger partial charge in [0.2, 0.25) is 11.8 Å². The van der Waals surface area contributed by atoms with E-state index in [9.17, 15) is 28.8 Å². The van der Waals surface area contributed by atoms with Crippen LogP contribution >= 0.6 is 0 Å². The standard InChI is InChI=1S/2C31H33N5O4.C2H2O4.H2O/c2*1-34-15-17-36(18-16-34)20-27(37)35(2)24-12-10-23(11-13-24)32-29(21-7-5-4-6-8-21)28-25-14-9-22(31(39)40-3)19-26(25)33-30(28)38;3-1(4)2(5)6;/h2*4-14,19,32H,15-18,20H2,1-3H3,(H,33,38);(H,3,4)(H,5,6);1H2/b2*29-28-;;. The third kappa shape index (κ3) is 16.2. The maximum atomic E-state index is 13.2. The number of esters is 2. The highest BCUT2D eigenvalue weighted by Gasteiger charge is 2.32. The first-order valence-electron chi connectivity index (χ1n) is 27.5. The highest BCUT2D eigenvalue weighted by Crippen LogP contribution is 2.40. The number of carboxylic acid groups (broad SMARTS) is 2. The molecule has 10 rings (SSSR count). The van der Waals surface area contributed by atoms with E-state index in [1.807, 2.05) is 109 Å². The van der Waals surface area contributed by atoms with Gasteiger partial charge < -0.3 is 66.0 Å². The number of fused-ring (bicyclic) bond motifs is 2. The number of rotatable bonds is 14. The molecule has 6 aromatic carbocycles. The van der Waals surface area contributed by atoms with Crippen LogP contribution in [-0.4, -0.2) is 191 Å². The Bertz CT molecular complexity index is 3330. The van der Waals surface area contributed by atoms with Gasteiger partial charge in [-0.05, 0) is 98.0 Å². The van der Waals surface area contributed by atoms with Gasteiger partial charge in [0.05, 0.1) is 72.4 Å². The number of carbonyl (C=O) groups is 8. The van der Waals surface area contributed by atoms with E-state index >= 15 is 0 Å². The van der Waals surface area contributed by atoms with E-state index in [4.69, 9.17) is 29.3 Å². The minimum absolute atomic E-state index is 0. The lowest BCUT2D eigenvalue weighted by Crippen LogP contribution is -2.48. The summed E-state index contributed by atoms with van der Waals surface area (Å²) in [6.45, 7) is 8.18. The maximum absolute atomic E-state index is 13.2. The van der Waals surface area contributed by atoms with Crippen molar-refractivity contribution >= 4 is 104 Å². The predicted octanol–water partition coefficient (Wildman–Crippen LogP) is 5.56. The lowest BCUT2D eigenvalue weighted by atomic mass is 9.99. The second-order valence-corrected chi connectivity index (χ2v) is 20.7. The minimum atomic E-state index is -1.82. The van der Waals surface area contributed by atoms with E-state index in [-0.39, 0.29) is 29.1 Å². The van der Waals surface area contributed by atoms with Gasteiger partial charge >= 0.3 is 23.9 Å². The third-order valence-corrected chi connectivity index (χ3v) is 14.9. The fraction of sp³-hybridized carbons (Fsp3) is 0.250. The second-order valence-electron chi connectivity index (χ2n) is 20.7. The fourth-order valence-electron chi connectivity index (χ4n) is 9.82. The molecule has 87 heavy (non-hydrogen) atoms. The summed E-state index contributed by atoms with van der Waals surface area (Å²) in [5.41, 5.74) is 10.2. The SMILES string of the molecule is COC(=O)c1ccc2c(c1)NC(=O)/C2=C(\Nc1ccc(N(C)C(=O)CN2CCN(C)CC2)cc1)c1ccccc1.COC(=O)c1ccc2c(c1)NC(=O)/C2=C(\Nc1ccc(N(C)C(=O)CN2CCN(C)CC2)cc1)c1ccccc1.O.O=C(O)C(=O)O. The second kappa shape index (κ2) is 29.7. The number of anilines is 6. The number of amides is 4. The third-order valence-electron chi connectivity index (χ3n) is 14.9. The van der Waals surface area contributed by atoms with Gasteiger partial charge in [-0.1, -0.05) is 72.8 Å². The number of carboxylic acids is 2. The molecule has 0 unspecified atom stereocenters. The van der Waals surface area contributed by atoms with E-state index < -0.39 is 23.9 Å². The van der Waals surface area contributed by atoms with E-state index in [0.29, 0.717) is 69.3 Å². The molecule has 23 nitrogen and oxygen atoms in total. The number of ether oxygens (including phenoxy) is 2. The molecule has 0 spiro atoms. The maximum Gasteiger partial charge on any atom is 0.414 e. The number of piperazine rings is 2. The number of likely N-dealkylation sites (N-methyl/N-ethyl adjacent to an activating group) is 4. The van der Waals surface area contributed by atoms with Gasteiger partial charge in [-0.25, -0.2) is 19.2 Å². The van der Waals surface area contributed by atoms with Gasteiger partial charge in [0, 0.05) is 100 Å². The lowest BCUT2D eigenvalue weighted by molar-refractivity contribution is -0.159. The van der Waals surface area contributed by atoms with Crippen molar-refractivity contribution in [3.05, 3.63) is 179 Å². The molecular formula is C64H70N10O13. The molecule has 0 aliphatic carbocycles. The Balaban J connectivity index is 0.000000225. The monoisotopic (exact) mass is 1190 g/mol. The molecule has 0 saturated carbocycles. The van der Waals surface area contributed by atoms with Crippen LogP contribution in [0.15, 0.2) is 146 Å². The highest BCUT2D eigenvalue weighted by molar-refractivity contribution is 6.38. The zero-order chi connectivity index (χ0) is 61.6. The predicted molar refractivity (Wildman–Crippen MR) is 333 cm³/mol. The Hall–Kier alpha value is -10.0. The van der Waals surface area contributed by atoms with Crippen LogP contribution < -0.4 is 31.1 Å². The minimum Gasteiger partial charge on any atom is -0.473 e. The van der Waals surface area contributed by atoms with Crippen molar-refractivity contribution in [2.75, 3.05) is 139 Å². The Morgan fingerprint density at radius 1 is 0.483 bits per heavy atom. The molecule has 0 aromatic heterocycles. The van der Waals surface area contributed by atoms with Gasteiger partial charge in [-0.2, -0.15) is 0 Å². The van der Waals surface area contributed by atoms with Crippen LogP contribution in [0, 0.1) is 0 Å². The average Bonchev–Trinajstić information content (AvgIpc) is 1.89. The molecule has 4 aliphatic rings. The van der Waals surface area contributed by atoms with Crippen molar-refractivity contribution in [3.8, 4) is 0 Å². The zero-order valence-electron chi connectivity index (χ0n) is 49.1. The van der Waals surface area contributed by atoms with E-state index in [0.717, 1.165) is 86.2 Å². The van der Waals surface area contributed by atoms with Crippen LogP contribution in [0.2, 0.25) is 0 Å². The first-order valence-corrected chi connectivity index (χ1v) is 27.5. The summed E-state index contributed by atoms with van der Waals surface area (Å²) in [5.74, 6) is -5.04. The molecule has 454 valence electrons. The molecule has 8 N–H and O–H groups in total. The van der Waals surface area contributed by atoms with Crippen LogP contribution in [0.4, 0.5) is 34.1 Å². The Kier molecular flexibility index (Phi) is 22.0. The summed E-state index contributed by atoms with van der Waals surface area (Å²) in [6.07, 6.45) is 0. The number of aliphatic carboxylic acids is 2. The van der Waals surface area contributed by atoms with Crippen molar-refractivity contribution < 1.29 is 63.5 Å². The van der Waals surface area contributed by atoms with Crippen molar-refractivity contribution in [3.63, 3.8) is 0 Å². The molecule has 2 saturated heterocycles. The number of nitrogens with one attached hydrogen (secondary N) is 4. The molecule has 0 bridgehead atoms. The summed E-state index contributed by atoms with van der Waals surface area (Å²) < 4.78 is 9.65. The van der Waals surface area contributed by atoms with Gasteiger partial charge in [0.15, 0.2) is 0 Å². The van der Waals surface area contributed by atoms with Crippen molar-refractivity contribution in [1.29, 1.82) is 0 Å². The normalized spacial score (nSPS) is 15.8. The van der Waals surface area contributed by atoms with E-state index in [1.54, 1.807) is 60.3 Å². The Labute approximate surface area is 503 Å². The van der Waals surface area contributed by atoms with Crippen molar-refractivity contribution in [1.82, 2.24) is 19.6 Å². The Morgan fingerprint density at radius 2 is 0.816 bits per heavy atom. The smallest absolute Gasteiger partial charge is 0.414 e. The molecule has 4 heterocycles. The van der Waals surface area contributed by atoms with Crippen molar-refractivity contribution in [2.45, 2.75) is 0 Å². The van der Waals surface area contributed by atoms with Crippen LogP contribution in [0.1, 0.15) is 43.0 Å². The number of hydrogen-bond acceptors (Lipinski definition) is 16. The summed E-state index contributed by atoms with van der Waals surface area (Å²) in [7, 11) is 10.4. The molecule has 23 heteroatoms. The van der Waals surface area contributed by atoms with Gasteiger partial charge in [-0.3, -0.25) is 29.0 Å². The molecule has 4 aliphatic heterocycles. The van der Waals surface area contributed by atoms with Crippen LogP contribution in [0.3, 0.4) is 0 Å². The number of carbonyl (C=O) groups excluding carboxylic acids is 6. The lowest BCUT2D eigenvalue weighted by Gasteiger charge is -2.32. The summed E-state index contributed by atoms with van der Waals surface area (Å²) in [6, 6.07) is 44.4. The van der Waals surface area contributed by atoms with E-state index in [1.165, 1.54) is 14.2 Å². The fourth-order valence-corrected chi connectivity index (χ4v) is 9.82. The van der Waals surface area contributed by atoms with Gasteiger partial charge in [0.25, 0.3) is 11.8 Å². The van der Waals surface area contributed by atoms with Crippen molar-refractivity contribution in [2.24, 2.45) is 0 Å². The number of methoxy groups -OCH3 is 2. The van der Waals surface area contributed by atoms with E-state index in [2.05, 4.69) is 55.0 Å². The summed E-state index contributed by atoms with van der Waals surface area (Å²) >= 11 is 0. The largest absolute Gasteiger partial charge is 0.473 e. The quantitative estimate of drug-likeness (QED) is 0.0442. The molecule has 6 aromatic rings. The summed E-state index contributed by atoms with van der Waals surface area (Å²) in [4.78, 5) is 107. The molecule has 2 fully saturated rings. The first-order chi connectivity index (χ1) is 41.3. The number of hydrogen-bond donors (Lipinski definition) is 6. The summed E-state index contributed by atoms with van der Waals surface area (Å²) in [5, 5.41) is 27.4. The average molecular weight is 1190 g/mol. The molecule has 4 amide bonds. The first kappa shape index (κ1) is 64.5. The molecular weight excluding hydrogens is 1120 g/mol. The number of nitrogens with zero attached hydrogens (tertiary/aromatic N) is 6. The van der Waals surface area contributed by atoms with Gasteiger partial charge in [-0.15, -0.1) is 0 Å². The highest BCUT2D eigenvalue weighted by atomic mass is 16.5. The van der Waals surface area contributed by atoms with Crippen LogP contribution in [-0.2, 0) is 38.2 Å². The van der Waals surface area contributed by atoms with Crippen LogP contribution in [0.5, 0.6) is 0 Å².